The van der Waals surface area contributed by atoms with Crippen LogP contribution in [0.25, 0.3) is 0 Å². The average molecular weight is 1680 g/mol. The number of alkyl carbamates (subject to hydrolysis) is 1. The van der Waals surface area contributed by atoms with Crippen LogP contribution in [0.15, 0.2) is 48.6 Å². The second-order valence-corrected chi connectivity index (χ2v) is 38.2. The van der Waals surface area contributed by atoms with Gasteiger partial charge in [0.05, 0.1) is 0 Å². The molecule has 20 nitrogen and oxygen atoms in total. The van der Waals surface area contributed by atoms with Gasteiger partial charge in [-0.15, -0.1) is 0 Å². The Morgan fingerprint density at radius 1 is 0.286 bits per heavy atom. The monoisotopic (exact) mass is 1680 g/mol. The summed E-state index contributed by atoms with van der Waals surface area (Å²) in [5, 5.41) is 5.84. The number of allylic oxidation sites excluding steroid dienone is 8. The molecule has 0 heterocycles. The molecule has 692 valence electrons. The minimum absolute atomic E-state index is 0.0689. The molecular formula is C99H183N7O13. The minimum atomic E-state index is -1.32. The largest absolute Gasteiger partial charge is 0.444 e. The molecule has 0 saturated heterocycles. The van der Waals surface area contributed by atoms with E-state index in [0.29, 0.717) is 64.6 Å². The number of nitrogens with zero attached hydrogens (tertiary/aromatic N) is 5. The molecule has 0 radical (unpaired) electrons. The maximum absolute atomic E-state index is 16.0. The summed E-state index contributed by atoms with van der Waals surface area (Å²) in [6.07, 6.45) is 64.9. The summed E-state index contributed by atoms with van der Waals surface area (Å²) in [5.41, 5.74) is -4.38. The molecule has 0 spiro atoms. The molecule has 119 heavy (non-hydrogen) atoms. The Bertz CT molecular complexity index is 2700. The maximum Gasteiger partial charge on any atom is 0.417 e. The molecule has 0 aliphatic carbocycles. The molecule has 0 aromatic rings. The number of imide groups is 1. The highest BCUT2D eigenvalue weighted by atomic mass is 16.6. The number of amides is 8. The Morgan fingerprint density at radius 3 is 0.966 bits per heavy atom. The number of carbonyl (C=O) groups excluding carboxylic acids is 8. The molecular weight excluding hydrogens is 1500 g/mol. The summed E-state index contributed by atoms with van der Waals surface area (Å²) in [7, 11) is 0. The lowest BCUT2D eigenvalue weighted by Gasteiger charge is -2.36. The quantitative estimate of drug-likeness (QED) is 0.0329. The molecule has 0 fully saturated rings. The minimum Gasteiger partial charge on any atom is -0.444 e. The van der Waals surface area contributed by atoms with E-state index in [1.54, 1.807) is 114 Å². The molecule has 0 bridgehead atoms. The van der Waals surface area contributed by atoms with Crippen LogP contribution in [0.1, 0.15) is 439 Å². The molecule has 1 unspecified atom stereocenters. The van der Waals surface area contributed by atoms with Gasteiger partial charge in [0, 0.05) is 65.3 Å². The maximum atomic E-state index is 16.0. The predicted molar refractivity (Wildman–Crippen MR) is 494 cm³/mol. The third-order valence-electron chi connectivity index (χ3n) is 20.3. The van der Waals surface area contributed by atoms with Crippen molar-refractivity contribution in [3.05, 3.63) is 48.6 Å². The SMILES string of the molecule is CCCCC/C=C/C/C=C/C/C=C/C/C=C/CCCC(=O)NCCCCC(C(=O)N(CCCCCCCCCCCCCCCCCC)CCCCCCCCCCCCCCCCCC)N(C(=O)CN(CCCN(CCCCN(CCCNC(=O)OC(C)(C)C)C(=O)OC(C)(C)C)C(=O)OC(C)(C)C)C(=O)OC(C)(C)C)C(=O)OC(C)(C)C. The van der Waals surface area contributed by atoms with Gasteiger partial charge in [-0.3, -0.25) is 19.3 Å². The molecule has 20 heteroatoms. The van der Waals surface area contributed by atoms with Gasteiger partial charge in [0.25, 0.3) is 5.91 Å². The first-order chi connectivity index (χ1) is 56.5. The average Bonchev–Trinajstić information content (AvgIpc) is 0.810. The highest BCUT2D eigenvalue weighted by Crippen LogP contribution is 2.24. The first kappa shape index (κ1) is 113. The van der Waals surface area contributed by atoms with Crippen molar-refractivity contribution in [2.45, 2.75) is 473 Å². The molecule has 0 aliphatic heterocycles. The Balaban J connectivity index is 7.25. The first-order valence-corrected chi connectivity index (χ1v) is 48.1. The van der Waals surface area contributed by atoms with E-state index in [2.05, 4.69) is 80.0 Å². The molecule has 0 aromatic heterocycles. The van der Waals surface area contributed by atoms with Crippen LogP contribution in [0.4, 0.5) is 24.0 Å². The number of hydrogen-bond donors (Lipinski definition) is 2. The summed E-state index contributed by atoms with van der Waals surface area (Å²) in [5.74, 6) is -1.25. The lowest BCUT2D eigenvalue weighted by Crippen LogP contribution is -2.57. The van der Waals surface area contributed by atoms with Crippen molar-refractivity contribution in [2.75, 3.05) is 65.4 Å². The van der Waals surface area contributed by atoms with E-state index in [1.165, 1.54) is 178 Å². The van der Waals surface area contributed by atoms with Crippen LogP contribution < -0.4 is 10.6 Å². The Labute approximate surface area is 729 Å². The van der Waals surface area contributed by atoms with Crippen molar-refractivity contribution in [1.82, 2.24) is 35.1 Å². The number of rotatable bonds is 70. The second kappa shape index (κ2) is 70.3. The first-order valence-electron chi connectivity index (χ1n) is 48.1. The predicted octanol–water partition coefficient (Wildman–Crippen LogP) is 26.7. The zero-order chi connectivity index (χ0) is 88.9. The third kappa shape index (κ3) is 71.1. The van der Waals surface area contributed by atoms with Crippen LogP contribution in [-0.2, 0) is 38.1 Å². The number of nitrogens with one attached hydrogen (secondary N) is 2. The van der Waals surface area contributed by atoms with Gasteiger partial charge in [-0.2, -0.15) is 0 Å². The van der Waals surface area contributed by atoms with E-state index in [1.807, 2.05) is 4.90 Å². The Morgan fingerprint density at radius 2 is 0.580 bits per heavy atom. The van der Waals surface area contributed by atoms with Crippen LogP contribution in [0.3, 0.4) is 0 Å². The van der Waals surface area contributed by atoms with E-state index < -0.39 is 77.0 Å². The summed E-state index contributed by atoms with van der Waals surface area (Å²) < 4.78 is 29.2. The standard InChI is InChI=1S/C99H183N7O13/c1-19-22-25-28-31-34-37-40-43-46-47-50-53-56-59-62-65-75-87(107)100-76-67-66-74-86(89(109)102(78-68-63-60-57-54-51-48-44-41-38-35-32-29-26-23-20-2)79-69-64-61-58-55-52-49-45-42-39-36-33-30-27-24-21-3)106(94(114)119-99(16,17)18)88(108)85-105(93(113)118-98(13,14)15)84-73-83-104(92(112)117-97(10,11)12)81-71-70-80-103(91(111)116-96(7,8)9)82-72-77-101-90(110)115-95(4,5)6/h31,34,40,43,47,50,56,59,86H,19-30,32-33,35-39,41-42,44-46,48-49,51-55,57-58,60-85H2,1-18H3,(H,100,107)(H,101,110)/b34-31+,43-40+,50-47+,59-56+. The fourth-order valence-electron chi connectivity index (χ4n) is 13.9. The van der Waals surface area contributed by atoms with Crippen LogP contribution >= 0.6 is 0 Å². The fraction of sp³-hybridized carbons (Fsp3) is 0.838. The van der Waals surface area contributed by atoms with Crippen molar-refractivity contribution in [1.29, 1.82) is 0 Å². The van der Waals surface area contributed by atoms with E-state index >= 15 is 14.4 Å². The molecule has 1 atom stereocenters. The van der Waals surface area contributed by atoms with Crippen LogP contribution in [-0.4, -0.2) is 172 Å². The number of ether oxygens (including phenoxy) is 5. The fourth-order valence-corrected chi connectivity index (χ4v) is 13.9. The van der Waals surface area contributed by atoms with E-state index in [-0.39, 0.29) is 63.9 Å². The van der Waals surface area contributed by atoms with E-state index in [9.17, 15) is 24.0 Å². The molecule has 0 rings (SSSR count). The highest BCUT2D eigenvalue weighted by Gasteiger charge is 2.41. The number of hydrogen-bond acceptors (Lipinski definition) is 13. The van der Waals surface area contributed by atoms with Gasteiger partial charge in [-0.05, 0) is 207 Å². The lowest BCUT2D eigenvalue weighted by atomic mass is 10.0. The van der Waals surface area contributed by atoms with Crippen molar-refractivity contribution < 1.29 is 62.0 Å². The Kier molecular flexibility index (Phi) is 66.7. The highest BCUT2D eigenvalue weighted by molar-refractivity contribution is 5.99. The topological polar surface area (TPSA) is 223 Å². The number of unbranched alkanes of at least 4 members (excludes halogenated alkanes) is 36. The zero-order valence-electron chi connectivity index (χ0n) is 80.0. The van der Waals surface area contributed by atoms with Gasteiger partial charge in [0.15, 0.2) is 0 Å². The van der Waals surface area contributed by atoms with Gasteiger partial charge < -0.3 is 49.0 Å². The summed E-state index contributed by atoms with van der Waals surface area (Å²) in [6.45, 7) is 34.8. The molecule has 2 N–H and O–H groups in total. The number of carbonyl (C=O) groups is 8. The van der Waals surface area contributed by atoms with E-state index in [0.717, 1.165) is 88.4 Å². The van der Waals surface area contributed by atoms with Gasteiger partial charge in [-0.1, -0.05) is 275 Å². The van der Waals surface area contributed by atoms with Gasteiger partial charge in [-0.25, -0.2) is 28.9 Å². The second-order valence-electron chi connectivity index (χ2n) is 38.2. The third-order valence-corrected chi connectivity index (χ3v) is 20.3. The van der Waals surface area contributed by atoms with Crippen LogP contribution in [0, 0.1) is 0 Å². The molecule has 8 amide bonds. The van der Waals surface area contributed by atoms with Crippen molar-refractivity contribution in [3.63, 3.8) is 0 Å². The summed E-state index contributed by atoms with van der Waals surface area (Å²) in [6, 6.07) is -1.32. The summed E-state index contributed by atoms with van der Waals surface area (Å²) in [4.78, 5) is 122. The van der Waals surface area contributed by atoms with Gasteiger partial charge in [0.1, 0.15) is 40.6 Å². The molecule has 0 aliphatic rings. The normalized spacial score (nSPS) is 12.5. The van der Waals surface area contributed by atoms with Gasteiger partial charge >= 0.3 is 30.5 Å². The molecule has 0 aromatic carbocycles. The van der Waals surface area contributed by atoms with Crippen molar-refractivity contribution in [2.24, 2.45) is 0 Å². The van der Waals surface area contributed by atoms with Gasteiger partial charge in [0.2, 0.25) is 11.8 Å². The lowest BCUT2D eigenvalue weighted by molar-refractivity contribution is -0.146. The van der Waals surface area contributed by atoms with Crippen molar-refractivity contribution in [3.8, 4) is 0 Å². The summed E-state index contributed by atoms with van der Waals surface area (Å²) >= 11 is 0. The van der Waals surface area contributed by atoms with Crippen molar-refractivity contribution >= 4 is 48.2 Å². The zero-order valence-corrected chi connectivity index (χ0v) is 80.0. The molecule has 0 saturated carbocycles. The Hall–Kier alpha value is -6.08. The smallest absolute Gasteiger partial charge is 0.417 e. The van der Waals surface area contributed by atoms with E-state index in [4.69, 9.17) is 23.7 Å². The van der Waals surface area contributed by atoms with Crippen LogP contribution in [0.2, 0.25) is 0 Å². The van der Waals surface area contributed by atoms with Crippen LogP contribution in [0.5, 0.6) is 0 Å².